The summed E-state index contributed by atoms with van der Waals surface area (Å²) in [5.41, 5.74) is 3.77. The molecule has 0 bridgehead atoms. The van der Waals surface area contributed by atoms with Gasteiger partial charge in [-0.2, -0.15) is 0 Å². The first-order chi connectivity index (χ1) is 11.7. The number of methoxy groups -OCH3 is 1. The Labute approximate surface area is 146 Å². The Morgan fingerprint density at radius 3 is 2.79 bits per heavy atom. The van der Waals surface area contributed by atoms with E-state index < -0.39 is 0 Å². The lowest BCUT2D eigenvalue weighted by Gasteiger charge is -2.31. The maximum atomic E-state index is 12.5. The Morgan fingerprint density at radius 2 is 2.12 bits per heavy atom. The molecule has 1 amide bonds. The Balaban J connectivity index is 1.52. The van der Waals surface area contributed by atoms with Crippen molar-refractivity contribution in [3.05, 3.63) is 40.3 Å². The summed E-state index contributed by atoms with van der Waals surface area (Å²) in [6.45, 7) is 4.89. The number of aromatic nitrogens is 1. The van der Waals surface area contributed by atoms with Crippen LogP contribution in [0.1, 0.15) is 23.4 Å². The number of nitrogens with one attached hydrogen (secondary N) is 1. The lowest BCUT2D eigenvalue weighted by molar-refractivity contribution is -0.121. The molecule has 6 heteroatoms. The lowest BCUT2D eigenvalue weighted by atomic mass is 9.95. The molecule has 24 heavy (non-hydrogen) atoms. The zero-order chi connectivity index (χ0) is 16.9. The molecule has 3 rings (SSSR count). The van der Waals surface area contributed by atoms with Crippen molar-refractivity contribution in [3.63, 3.8) is 0 Å². The second-order valence-corrected chi connectivity index (χ2v) is 7.04. The van der Waals surface area contributed by atoms with Gasteiger partial charge in [0.15, 0.2) is 0 Å². The maximum absolute atomic E-state index is 12.5. The SMILES string of the molecule is COc1ccccc1NC(=O)C1CCN(Cc2scnc2C)CC1. The molecule has 1 N–H and O–H groups in total. The Bertz CT molecular complexity index is 693. The second kappa shape index (κ2) is 7.77. The molecule has 0 atom stereocenters. The van der Waals surface area contributed by atoms with Crippen molar-refractivity contribution in [2.75, 3.05) is 25.5 Å². The van der Waals surface area contributed by atoms with Crippen molar-refractivity contribution in [2.24, 2.45) is 5.92 Å². The fraction of sp³-hybridized carbons (Fsp3) is 0.444. The Morgan fingerprint density at radius 1 is 1.38 bits per heavy atom. The molecular weight excluding hydrogens is 322 g/mol. The van der Waals surface area contributed by atoms with E-state index in [4.69, 9.17) is 4.74 Å². The Kier molecular flexibility index (Phi) is 5.48. The van der Waals surface area contributed by atoms with Gasteiger partial charge in [0.2, 0.25) is 5.91 Å². The van der Waals surface area contributed by atoms with Crippen LogP contribution in [-0.4, -0.2) is 36.0 Å². The van der Waals surface area contributed by atoms with Crippen LogP contribution in [-0.2, 0) is 11.3 Å². The molecule has 5 nitrogen and oxygen atoms in total. The third kappa shape index (κ3) is 3.94. The number of hydrogen-bond acceptors (Lipinski definition) is 5. The predicted molar refractivity (Wildman–Crippen MR) is 96.5 cm³/mol. The van der Waals surface area contributed by atoms with Crippen LogP contribution in [0.3, 0.4) is 0 Å². The lowest BCUT2D eigenvalue weighted by Crippen LogP contribution is -2.37. The van der Waals surface area contributed by atoms with Crippen molar-refractivity contribution in [2.45, 2.75) is 26.3 Å². The summed E-state index contributed by atoms with van der Waals surface area (Å²) in [6, 6.07) is 7.53. The molecule has 0 radical (unpaired) electrons. The first-order valence-electron chi connectivity index (χ1n) is 8.22. The van der Waals surface area contributed by atoms with E-state index in [0.717, 1.165) is 43.9 Å². The highest BCUT2D eigenvalue weighted by molar-refractivity contribution is 7.09. The fourth-order valence-electron chi connectivity index (χ4n) is 3.02. The van der Waals surface area contributed by atoms with E-state index in [1.54, 1.807) is 18.4 Å². The van der Waals surface area contributed by atoms with Gasteiger partial charge in [-0.1, -0.05) is 12.1 Å². The van der Waals surface area contributed by atoms with Gasteiger partial charge in [-0.05, 0) is 45.0 Å². The van der Waals surface area contributed by atoms with Crippen LogP contribution in [0.2, 0.25) is 0 Å². The summed E-state index contributed by atoms with van der Waals surface area (Å²) in [5.74, 6) is 0.853. The van der Waals surface area contributed by atoms with Gasteiger partial charge < -0.3 is 10.1 Å². The van der Waals surface area contributed by atoms with E-state index in [0.29, 0.717) is 5.75 Å². The largest absolute Gasteiger partial charge is 0.495 e. The van der Waals surface area contributed by atoms with Crippen LogP contribution in [0, 0.1) is 12.8 Å². The van der Waals surface area contributed by atoms with Crippen LogP contribution in [0.5, 0.6) is 5.75 Å². The average molecular weight is 345 g/mol. The van der Waals surface area contributed by atoms with Gasteiger partial charge in [0, 0.05) is 17.3 Å². The number of carbonyl (C=O) groups excluding carboxylic acids is 1. The standard InChI is InChI=1S/C18H23N3O2S/c1-13-17(24-12-19-13)11-21-9-7-14(8-10-21)18(22)20-15-5-3-4-6-16(15)23-2/h3-6,12,14H,7-11H2,1-2H3,(H,20,22). The summed E-state index contributed by atoms with van der Waals surface area (Å²) in [7, 11) is 1.62. The van der Waals surface area contributed by atoms with Crippen LogP contribution in [0.4, 0.5) is 5.69 Å². The number of para-hydroxylation sites is 2. The first kappa shape index (κ1) is 16.9. The van der Waals surface area contributed by atoms with E-state index in [9.17, 15) is 4.79 Å². The number of benzene rings is 1. The third-order valence-electron chi connectivity index (χ3n) is 4.54. The number of carbonyl (C=O) groups is 1. The van der Waals surface area contributed by atoms with Crippen molar-refractivity contribution in [3.8, 4) is 5.75 Å². The normalized spacial score (nSPS) is 16.1. The number of ether oxygens (including phenoxy) is 1. The van der Waals surface area contributed by atoms with Crippen LogP contribution in [0.15, 0.2) is 29.8 Å². The molecule has 1 aromatic carbocycles. The number of amides is 1. The molecule has 2 heterocycles. The summed E-state index contributed by atoms with van der Waals surface area (Å²) >= 11 is 1.71. The number of aryl methyl sites for hydroxylation is 1. The van der Waals surface area contributed by atoms with Crippen LogP contribution < -0.4 is 10.1 Å². The van der Waals surface area contributed by atoms with Crippen molar-refractivity contribution < 1.29 is 9.53 Å². The van der Waals surface area contributed by atoms with Crippen LogP contribution in [0.25, 0.3) is 0 Å². The number of thiazole rings is 1. The van der Waals surface area contributed by atoms with Gasteiger partial charge >= 0.3 is 0 Å². The molecule has 1 aliphatic heterocycles. The maximum Gasteiger partial charge on any atom is 0.227 e. The zero-order valence-electron chi connectivity index (χ0n) is 14.1. The molecule has 2 aromatic rings. The summed E-state index contributed by atoms with van der Waals surface area (Å²) in [6.07, 6.45) is 1.78. The number of rotatable bonds is 5. The number of likely N-dealkylation sites (tertiary alicyclic amines) is 1. The summed E-state index contributed by atoms with van der Waals surface area (Å²) in [5, 5.41) is 3.01. The fourth-order valence-corrected chi connectivity index (χ4v) is 3.84. The summed E-state index contributed by atoms with van der Waals surface area (Å²) in [4.78, 5) is 20.6. The van der Waals surface area contributed by atoms with E-state index in [1.807, 2.05) is 29.8 Å². The summed E-state index contributed by atoms with van der Waals surface area (Å²) < 4.78 is 5.29. The van der Waals surface area contributed by atoms with Gasteiger partial charge in [0.1, 0.15) is 5.75 Å². The van der Waals surface area contributed by atoms with Crippen LogP contribution >= 0.6 is 11.3 Å². The van der Waals surface area contributed by atoms with Gasteiger partial charge in [0.05, 0.1) is 24.0 Å². The van der Waals surface area contributed by atoms with Crippen molar-refractivity contribution in [1.29, 1.82) is 0 Å². The minimum atomic E-state index is 0.0636. The highest BCUT2D eigenvalue weighted by Gasteiger charge is 2.26. The topological polar surface area (TPSA) is 54.5 Å². The minimum absolute atomic E-state index is 0.0636. The second-order valence-electron chi connectivity index (χ2n) is 6.10. The molecule has 1 fully saturated rings. The number of piperidine rings is 1. The van der Waals surface area contributed by atoms with E-state index in [1.165, 1.54) is 4.88 Å². The number of anilines is 1. The van der Waals surface area contributed by atoms with Gasteiger partial charge in [-0.3, -0.25) is 9.69 Å². The van der Waals surface area contributed by atoms with Crippen molar-refractivity contribution >= 4 is 22.9 Å². The Hall–Kier alpha value is -1.92. The third-order valence-corrected chi connectivity index (χ3v) is 5.46. The number of hydrogen-bond donors (Lipinski definition) is 1. The molecule has 0 spiro atoms. The van der Waals surface area contributed by atoms with Gasteiger partial charge in [-0.25, -0.2) is 4.98 Å². The highest BCUT2D eigenvalue weighted by Crippen LogP contribution is 2.26. The molecule has 0 saturated carbocycles. The molecule has 1 aliphatic rings. The van der Waals surface area contributed by atoms with Gasteiger partial charge in [-0.15, -0.1) is 11.3 Å². The molecule has 128 valence electrons. The highest BCUT2D eigenvalue weighted by atomic mass is 32.1. The van der Waals surface area contributed by atoms with Gasteiger partial charge in [0.25, 0.3) is 0 Å². The quantitative estimate of drug-likeness (QED) is 0.903. The minimum Gasteiger partial charge on any atom is -0.495 e. The van der Waals surface area contributed by atoms with Crippen molar-refractivity contribution in [1.82, 2.24) is 9.88 Å². The first-order valence-corrected chi connectivity index (χ1v) is 9.10. The molecule has 1 aromatic heterocycles. The van der Waals surface area contributed by atoms with E-state index in [2.05, 4.69) is 22.1 Å². The zero-order valence-corrected chi connectivity index (χ0v) is 14.9. The molecular formula is C18H23N3O2S. The predicted octanol–water partition coefficient (Wildman–Crippen LogP) is 3.31. The smallest absolute Gasteiger partial charge is 0.227 e. The molecule has 0 aliphatic carbocycles. The monoisotopic (exact) mass is 345 g/mol. The molecule has 0 unspecified atom stereocenters. The number of nitrogens with zero attached hydrogens (tertiary/aromatic N) is 2. The molecule has 1 saturated heterocycles. The van der Waals surface area contributed by atoms with E-state index in [-0.39, 0.29) is 11.8 Å². The van der Waals surface area contributed by atoms with E-state index >= 15 is 0 Å². The average Bonchev–Trinajstić information content (AvgIpc) is 3.01.